The van der Waals surface area contributed by atoms with Gasteiger partial charge < -0.3 is 10.1 Å². The molecule has 0 fully saturated rings. The van der Waals surface area contributed by atoms with Crippen molar-refractivity contribution in [3.05, 3.63) is 64.0 Å². The van der Waals surface area contributed by atoms with Gasteiger partial charge in [0.2, 0.25) is 0 Å². The zero-order valence-corrected chi connectivity index (χ0v) is 15.8. The Bertz CT molecular complexity index is 996. The fourth-order valence-corrected chi connectivity index (χ4v) is 3.01. The van der Waals surface area contributed by atoms with Crippen LogP contribution in [0.1, 0.15) is 38.4 Å². The van der Waals surface area contributed by atoms with E-state index < -0.39 is 0 Å². The van der Waals surface area contributed by atoms with Gasteiger partial charge in [-0.3, -0.25) is 4.79 Å². The van der Waals surface area contributed by atoms with Crippen molar-refractivity contribution < 1.29 is 9.53 Å². The van der Waals surface area contributed by atoms with E-state index in [1.54, 1.807) is 19.2 Å². The van der Waals surface area contributed by atoms with Gasteiger partial charge in [0.05, 0.1) is 29.5 Å². The van der Waals surface area contributed by atoms with E-state index in [-0.39, 0.29) is 5.91 Å². The highest BCUT2D eigenvalue weighted by Crippen LogP contribution is 2.24. The molecule has 0 saturated heterocycles. The Morgan fingerprint density at radius 3 is 2.38 bits per heavy atom. The Morgan fingerprint density at radius 1 is 1.00 bits per heavy atom. The first-order valence-electron chi connectivity index (χ1n) is 8.56. The number of aryl methyl sites for hydroxylation is 4. The molecule has 1 N–H and O–H groups in total. The van der Waals surface area contributed by atoms with Gasteiger partial charge in [-0.15, -0.1) is 0 Å². The fourth-order valence-electron chi connectivity index (χ4n) is 3.01. The van der Waals surface area contributed by atoms with Gasteiger partial charge in [0.15, 0.2) is 0 Å². The van der Waals surface area contributed by atoms with E-state index in [1.807, 2.05) is 39.8 Å². The summed E-state index contributed by atoms with van der Waals surface area (Å²) in [4.78, 5) is 21.6. The molecule has 26 heavy (non-hydrogen) atoms. The largest absolute Gasteiger partial charge is 0.496 e. The quantitative estimate of drug-likeness (QED) is 0.778. The van der Waals surface area contributed by atoms with Crippen molar-refractivity contribution in [2.45, 2.75) is 34.2 Å². The molecule has 1 heterocycles. The van der Waals surface area contributed by atoms with Gasteiger partial charge in [-0.2, -0.15) is 0 Å². The second-order valence-corrected chi connectivity index (χ2v) is 6.54. The van der Waals surface area contributed by atoms with Crippen LogP contribution >= 0.6 is 0 Å². The summed E-state index contributed by atoms with van der Waals surface area (Å²) in [7, 11) is 1.64. The van der Waals surface area contributed by atoms with Crippen LogP contribution in [0.5, 0.6) is 5.75 Å². The molecule has 0 bridgehead atoms. The lowest BCUT2D eigenvalue weighted by Crippen LogP contribution is -2.23. The van der Waals surface area contributed by atoms with E-state index in [4.69, 9.17) is 4.74 Å². The fraction of sp³-hybridized carbons (Fsp3) is 0.286. The highest BCUT2D eigenvalue weighted by Gasteiger charge is 2.12. The summed E-state index contributed by atoms with van der Waals surface area (Å²) in [5.41, 5.74) is 7.07. The Balaban J connectivity index is 1.83. The third-order valence-electron chi connectivity index (χ3n) is 4.56. The highest BCUT2D eigenvalue weighted by molar-refractivity contribution is 5.97. The molecule has 0 aliphatic rings. The maximum atomic E-state index is 12.6. The van der Waals surface area contributed by atoms with Gasteiger partial charge in [-0.1, -0.05) is 6.07 Å². The smallest absolute Gasteiger partial charge is 0.251 e. The molecule has 0 unspecified atom stereocenters. The molecule has 0 aliphatic carbocycles. The monoisotopic (exact) mass is 349 g/mol. The predicted octanol–water partition coefficient (Wildman–Crippen LogP) is 3.80. The maximum absolute atomic E-state index is 12.6. The number of nitrogens with zero attached hydrogens (tertiary/aromatic N) is 2. The Labute approximate surface area is 153 Å². The van der Waals surface area contributed by atoms with Crippen molar-refractivity contribution >= 4 is 16.9 Å². The first-order valence-corrected chi connectivity index (χ1v) is 8.56. The summed E-state index contributed by atoms with van der Waals surface area (Å²) >= 11 is 0. The van der Waals surface area contributed by atoms with Gasteiger partial charge in [-0.05, 0) is 63.1 Å². The molecule has 0 radical (unpaired) electrons. The number of carbonyl (C=O) groups is 1. The number of benzene rings is 2. The average Bonchev–Trinajstić information content (AvgIpc) is 2.60. The molecule has 0 aliphatic heterocycles. The number of ether oxygens (including phenoxy) is 1. The van der Waals surface area contributed by atoms with E-state index in [0.29, 0.717) is 12.1 Å². The van der Waals surface area contributed by atoms with Crippen LogP contribution in [0.3, 0.4) is 0 Å². The van der Waals surface area contributed by atoms with Crippen molar-refractivity contribution in [2.24, 2.45) is 0 Å². The van der Waals surface area contributed by atoms with E-state index in [1.165, 1.54) is 0 Å². The summed E-state index contributed by atoms with van der Waals surface area (Å²) in [5.74, 6) is 0.646. The topological polar surface area (TPSA) is 64.1 Å². The minimum atomic E-state index is -0.144. The van der Waals surface area contributed by atoms with Crippen LogP contribution < -0.4 is 10.1 Å². The van der Waals surface area contributed by atoms with E-state index in [9.17, 15) is 4.79 Å². The molecule has 3 rings (SSSR count). The van der Waals surface area contributed by atoms with Crippen LogP contribution in [-0.4, -0.2) is 23.0 Å². The summed E-state index contributed by atoms with van der Waals surface area (Å²) < 4.78 is 5.46. The zero-order valence-electron chi connectivity index (χ0n) is 15.8. The van der Waals surface area contributed by atoms with Crippen molar-refractivity contribution in [2.75, 3.05) is 7.11 Å². The van der Waals surface area contributed by atoms with Crippen LogP contribution in [0.15, 0.2) is 30.3 Å². The minimum absolute atomic E-state index is 0.144. The second kappa shape index (κ2) is 7.12. The SMILES string of the molecule is COc1cc(C)cc(C)c1CNC(=O)c1ccc2nc(C)c(C)nc2c1. The highest BCUT2D eigenvalue weighted by atomic mass is 16.5. The molecule has 1 amide bonds. The number of hydrogen-bond donors (Lipinski definition) is 1. The lowest BCUT2D eigenvalue weighted by molar-refractivity contribution is 0.0951. The van der Waals surface area contributed by atoms with Crippen LogP contribution in [0.25, 0.3) is 11.0 Å². The Morgan fingerprint density at radius 2 is 1.69 bits per heavy atom. The number of hydrogen-bond acceptors (Lipinski definition) is 4. The number of nitrogens with one attached hydrogen (secondary N) is 1. The summed E-state index contributed by atoms with van der Waals surface area (Å²) in [6.45, 7) is 8.30. The van der Waals surface area contributed by atoms with Crippen molar-refractivity contribution in [1.82, 2.24) is 15.3 Å². The van der Waals surface area contributed by atoms with Gasteiger partial charge in [0.25, 0.3) is 5.91 Å². The summed E-state index contributed by atoms with van der Waals surface area (Å²) in [6, 6.07) is 9.46. The standard InChI is InChI=1S/C21H23N3O2/c1-12-8-13(2)17(20(9-12)26-5)11-22-21(25)16-6-7-18-19(10-16)24-15(4)14(3)23-18/h6-10H,11H2,1-5H3,(H,22,25). The predicted molar refractivity (Wildman–Crippen MR) is 103 cm³/mol. The number of carbonyl (C=O) groups excluding carboxylic acids is 1. The van der Waals surface area contributed by atoms with E-state index in [0.717, 1.165) is 44.9 Å². The lowest BCUT2D eigenvalue weighted by atomic mass is 10.0. The van der Waals surface area contributed by atoms with Gasteiger partial charge in [0, 0.05) is 17.7 Å². The molecule has 2 aromatic carbocycles. The maximum Gasteiger partial charge on any atom is 0.251 e. The van der Waals surface area contributed by atoms with Crippen LogP contribution in [0, 0.1) is 27.7 Å². The number of rotatable bonds is 4. The molecule has 5 heteroatoms. The number of fused-ring (bicyclic) bond motifs is 1. The normalized spacial score (nSPS) is 10.8. The molecular weight excluding hydrogens is 326 g/mol. The lowest BCUT2D eigenvalue weighted by Gasteiger charge is -2.14. The van der Waals surface area contributed by atoms with Gasteiger partial charge in [-0.25, -0.2) is 9.97 Å². The van der Waals surface area contributed by atoms with Crippen LogP contribution in [-0.2, 0) is 6.54 Å². The van der Waals surface area contributed by atoms with Gasteiger partial charge in [0.1, 0.15) is 5.75 Å². The molecular formula is C21H23N3O2. The van der Waals surface area contributed by atoms with Crippen LogP contribution in [0.2, 0.25) is 0 Å². The molecule has 1 aromatic heterocycles. The summed E-state index contributed by atoms with van der Waals surface area (Å²) in [5, 5.41) is 2.97. The third-order valence-corrected chi connectivity index (χ3v) is 4.56. The average molecular weight is 349 g/mol. The molecule has 5 nitrogen and oxygen atoms in total. The number of aromatic nitrogens is 2. The van der Waals surface area contributed by atoms with E-state index >= 15 is 0 Å². The van der Waals surface area contributed by atoms with Crippen LogP contribution in [0.4, 0.5) is 0 Å². The second-order valence-electron chi connectivity index (χ2n) is 6.54. The van der Waals surface area contributed by atoms with Gasteiger partial charge >= 0.3 is 0 Å². The minimum Gasteiger partial charge on any atom is -0.496 e. The van der Waals surface area contributed by atoms with Crippen molar-refractivity contribution in [3.8, 4) is 5.75 Å². The molecule has 0 atom stereocenters. The Kier molecular flexibility index (Phi) is 4.89. The molecule has 3 aromatic rings. The first-order chi connectivity index (χ1) is 12.4. The van der Waals surface area contributed by atoms with Crippen molar-refractivity contribution in [1.29, 1.82) is 0 Å². The third kappa shape index (κ3) is 3.52. The first kappa shape index (κ1) is 17.9. The number of methoxy groups -OCH3 is 1. The summed E-state index contributed by atoms with van der Waals surface area (Å²) in [6.07, 6.45) is 0. The van der Waals surface area contributed by atoms with Crippen molar-refractivity contribution in [3.63, 3.8) is 0 Å². The molecule has 0 spiro atoms. The zero-order chi connectivity index (χ0) is 18.8. The van der Waals surface area contributed by atoms with E-state index in [2.05, 4.69) is 21.4 Å². The Hall–Kier alpha value is -2.95. The molecule has 134 valence electrons. The number of amides is 1. The molecule has 0 saturated carbocycles.